The zero-order valence-corrected chi connectivity index (χ0v) is 10.9. The van der Waals surface area contributed by atoms with E-state index in [-0.39, 0.29) is 5.56 Å². The van der Waals surface area contributed by atoms with E-state index in [4.69, 9.17) is 5.73 Å². The Morgan fingerprint density at radius 3 is 2.41 bits per heavy atom. The van der Waals surface area contributed by atoms with E-state index in [9.17, 15) is 4.79 Å². The van der Waals surface area contributed by atoms with Crippen LogP contribution in [0, 0.1) is 0 Å². The van der Waals surface area contributed by atoms with Crippen molar-refractivity contribution in [3.63, 3.8) is 0 Å². The first kappa shape index (κ1) is 12.3. The minimum atomic E-state index is 0.00264. The SMILES string of the molecule is CCCn1c(C2CCCC2)c(N)c(=O)n1CC. The molecular formula is C13H23N3O. The molecule has 0 atom stereocenters. The molecule has 0 unspecified atom stereocenters. The van der Waals surface area contributed by atoms with Gasteiger partial charge in [-0.1, -0.05) is 19.8 Å². The molecule has 1 aliphatic carbocycles. The second-order valence-corrected chi connectivity index (χ2v) is 4.92. The van der Waals surface area contributed by atoms with Crippen LogP contribution in [0.4, 0.5) is 5.69 Å². The Bertz CT molecular complexity index is 438. The van der Waals surface area contributed by atoms with Crippen molar-refractivity contribution in [1.29, 1.82) is 0 Å². The molecule has 0 bridgehead atoms. The maximum atomic E-state index is 12.1. The maximum Gasteiger partial charge on any atom is 0.290 e. The number of rotatable bonds is 4. The van der Waals surface area contributed by atoms with Gasteiger partial charge in [-0.25, -0.2) is 4.68 Å². The summed E-state index contributed by atoms with van der Waals surface area (Å²) in [5, 5.41) is 0. The summed E-state index contributed by atoms with van der Waals surface area (Å²) in [7, 11) is 0. The van der Waals surface area contributed by atoms with Crippen LogP contribution in [0.1, 0.15) is 57.6 Å². The molecule has 1 heterocycles. The van der Waals surface area contributed by atoms with Crippen LogP contribution in [-0.2, 0) is 13.1 Å². The van der Waals surface area contributed by atoms with Crippen molar-refractivity contribution in [1.82, 2.24) is 9.36 Å². The van der Waals surface area contributed by atoms with Crippen molar-refractivity contribution in [2.75, 3.05) is 5.73 Å². The second-order valence-electron chi connectivity index (χ2n) is 4.92. The minimum absolute atomic E-state index is 0.00264. The van der Waals surface area contributed by atoms with E-state index in [0.717, 1.165) is 18.7 Å². The Balaban J connectivity index is 2.51. The lowest BCUT2D eigenvalue weighted by atomic mass is 10.0. The largest absolute Gasteiger partial charge is 0.393 e. The summed E-state index contributed by atoms with van der Waals surface area (Å²) in [5.41, 5.74) is 7.64. The van der Waals surface area contributed by atoms with E-state index in [1.165, 1.54) is 25.7 Å². The summed E-state index contributed by atoms with van der Waals surface area (Å²) in [6.07, 6.45) is 5.93. The number of aromatic nitrogens is 2. The van der Waals surface area contributed by atoms with E-state index in [0.29, 0.717) is 18.2 Å². The van der Waals surface area contributed by atoms with Crippen molar-refractivity contribution in [2.45, 2.75) is 65.0 Å². The highest BCUT2D eigenvalue weighted by molar-refractivity contribution is 5.44. The summed E-state index contributed by atoms with van der Waals surface area (Å²) in [6.45, 7) is 5.74. The molecule has 0 aromatic carbocycles. The number of hydrogen-bond donors (Lipinski definition) is 1. The Morgan fingerprint density at radius 2 is 1.88 bits per heavy atom. The summed E-state index contributed by atoms with van der Waals surface area (Å²) < 4.78 is 3.93. The van der Waals surface area contributed by atoms with Crippen LogP contribution < -0.4 is 11.3 Å². The number of nitrogens with zero attached hydrogens (tertiary/aromatic N) is 2. The van der Waals surface area contributed by atoms with Gasteiger partial charge < -0.3 is 5.73 Å². The molecule has 1 fully saturated rings. The normalized spacial score (nSPS) is 16.8. The van der Waals surface area contributed by atoms with Crippen LogP contribution in [0.2, 0.25) is 0 Å². The smallest absolute Gasteiger partial charge is 0.290 e. The summed E-state index contributed by atoms with van der Waals surface area (Å²) in [5.74, 6) is 0.502. The van der Waals surface area contributed by atoms with Crippen LogP contribution in [0.15, 0.2) is 4.79 Å². The third kappa shape index (κ3) is 2.01. The van der Waals surface area contributed by atoms with Crippen molar-refractivity contribution in [2.24, 2.45) is 0 Å². The van der Waals surface area contributed by atoms with Gasteiger partial charge in [0.15, 0.2) is 0 Å². The Kier molecular flexibility index (Phi) is 3.60. The number of hydrogen-bond acceptors (Lipinski definition) is 2. The van der Waals surface area contributed by atoms with E-state index < -0.39 is 0 Å². The average molecular weight is 237 g/mol. The molecule has 0 amide bonds. The fraction of sp³-hybridized carbons (Fsp3) is 0.769. The van der Waals surface area contributed by atoms with E-state index in [1.54, 1.807) is 4.68 Å². The third-order valence-electron chi connectivity index (χ3n) is 3.79. The lowest BCUT2D eigenvalue weighted by Gasteiger charge is -2.16. The predicted molar refractivity (Wildman–Crippen MR) is 70.3 cm³/mol. The lowest BCUT2D eigenvalue weighted by Crippen LogP contribution is -2.23. The summed E-state index contributed by atoms with van der Waals surface area (Å²) in [6, 6.07) is 0. The van der Waals surface area contributed by atoms with Crippen molar-refractivity contribution in [3.8, 4) is 0 Å². The van der Waals surface area contributed by atoms with Crippen LogP contribution in [0.3, 0.4) is 0 Å². The number of anilines is 1. The summed E-state index contributed by atoms with van der Waals surface area (Å²) in [4.78, 5) is 12.1. The van der Waals surface area contributed by atoms with Gasteiger partial charge >= 0.3 is 0 Å². The Hall–Kier alpha value is -1.19. The minimum Gasteiger partial charge on any atom is -0.393 e. The molecule has 1 saturated carbocycles. The topological polar surface area (TPSA) is 52.9 Å². The van der Waals surface area contributed by atoms with Gasteiger partial charge in [0.1, 0.15) is 5.69 Å². The highest BCUT2D eigenvalue weighted by atomic mass is 16.1. The number of nitrogen functional groups attached to an aromatic ring is 1. The molecule has 0 spiro atoms. The van der Waals surface area contributed by atoms with Gasteiger partial charge in [-0.15, -0.1) is 0 Å². The molecule has 0 radical (unpaired) electrons. The molecule has 0 aliphatic heterocycles. The fourth-order valence-electron chi connectivity index (χ4n) is 3.02. The van der Waals surface area contributed by atoms with Crippen molar-refractivity contribution < 1.29 is 0 Å². The molecule has 2 rings (SSSR count). The summed E-state index contributed by atoms with van der Waals surface area (Å²) >= 11 is 0. The highest BCUT2D eigenvalue weighted by Gasteiger charge is 2.26. The highest BCUT2D eigenvalue weighted by Crippen LogP contribution is 2.36. The predicted octanol–water partition coefficient (Wildman–Crippen LogP) is 2.32. The Labute approximate surface area is 102 Å². The molecule has 2 N–H and O–H groups in total. The monoisotopic (exact) mass is 237 g/mol. The first-order valence-corrected chi connectivity index (χ1v) is 6.79. The molecule has 4 nitrogen and oxygen atoms in total. The van der Waals surface area contributed by atoms with Crippen LogP contribution in [0.5, 0.6) is 0 Å². The lowest BCUT2D eigenvalue weighted by molar-refractivity contribution is 0.427. The van der Waals surface area contributed by atoms with E-state index >= 15 is 0 Å². The third-order valence-corrected chi connectivity index (χ3v) is 3.79. The fourth-order valence-corrected chi connectivity index (χ4v) is 3.02. The van der Waals surface area contributed by atoms with E-state index in [1.807, 2.05) is 6.92 Å². The second kappa shape index (κ2) is 4.98. The van der Waals surface area contributed by atoms with Crippen LogP contribution >= 0.6 is 0 Å². The molecule has 96 valence electrons. The van der Waals surface area contributed by atoms with E-state index in [2.05, 4.69) is 11.6 Å². The van der Waals surface area contributed by atoms with Gasteiger partial charge in [-0.3, -0.25) is 9.48 Å². The molecule has 1 aromatic rings. The quantitative estimate of drug-likeness (QED) is 0.873. The van der Waals surface area contributed by atoms with Crippen LogP contribution in [-0.4, -0.2) is 9.36 Å². The standard InChI is InChI=1S/C13H23N3O/c1-3-9-16-12(10-7-5-6-8-10)11(14)13(17)15(16)4-2/h10H,3-9,14H2,1-2H3. The van der Waals surface area contributed by atoms with Gasteiger partial charge in [0, 0.05) is 19.0 Å². The molecule has 4 heteroatoms. The van der Waals surface area contributed by atoms with Crippen molar-refractivity contribution in [3.05, 3.63) is 16.0 Å². The zero-order chi connectivity index (χ0) is 12.4. The molecule has 1 aliphatic rings. The first-order chi connectivity index (χ1) is 8.20. The molecule has 1 aromatic heterocycles. The van der Waals surface area contributed by atoms with Gasteiger partial charge in [-0.2, -0.15) is 0 Å². The maximum absolute atomic E-state index is 12.1. The molecule has 0 saturated heterocycles. The average Bonchev–Trinajstić information content (AvgIpc) is 2.89. The van der Waals surface area contributed by atoms with Gasteiger partial charge in [0.05, 0.1) is 5.69 Å². The first-order valence-electron chi connectivity index (χ1n) is 6.79. The van der Waals surface area contributed by atoms with Crippen molar-refractivity contribution >= 4 is 5.69 Å². The van der Waals surface area contributed by atoms with Crippen LogP contribution in [0.25, 0.3) is 0 Å². The molecular weight excluding hydrogens is 214 g/mol. The van der Waals surface area contributed by atoms with Gasteiger partial charge in [0.25, 0.3) is 5.56 Å². The Morgan fingerprint density at radius 1 is 1.24 bits per heavy atom. The number of nitrogens with two attached hydrogens (primary N) is 1. The van der Waals surface area contributed by atoms with Gasteiger partial charge in [-0.05, 0) is 26.2 Å². The zero-order valence-electron chi connectivity index (χ0n) is 10.9. The van der Waals surface area contributed by atoms with Gasteiger partial charge in [0.2, 0.25) is 0 Å². The molecule has 17 heavy (non-hydrogen) atoms.